The van der Waals surface area contributed by atoms with Gasteiger partial charge in [-0.05, 0) is 18.3 Å². The molecule has 0 heterocycles. The quantitative estimate of drug-likeness (QED) is 0.609. The predicted molar refractivity (Wildman–Crippen MR) is 55.6 cm³/mol. The zero-order valence-corrected chi connectivity index (χ0v) is 8.96. The summed E-state index contributed by atoms with van der Waals surface area (Å²) in [4.78, 5) is 10.8. The van der Waals surface area contributed by atoms with Gasteiger partial charge in [-0.15, -0.1) is 0 Å². The molecule has 0 amide bonds. The average molecular weight is 182 g/mol. The lowest BCUT2D eigenvalue weighted by atomic mass is 9.80. The standard InChI is InChI=1S/C12H22O/c1-10(2)12(9-13)8-11-6-4-3-5-7-11/h9-12H,3-8H2,1-2H3. The van der Waals surface area contributed by atoms with Gasteiger partial charge < -0.3 is 4.79 Å². The van der Waals surface area contributed by atoms with E-state index in [4.69, 9.17) is 0 Å². The molecule has 0 saturated heterocycles. The van der Waals surface area contributed by atoms with E-state index < -0.39 is 0 Å². The Balaban J connectivity index is 2.31. The molecule has 1 nitrogen and oxygen atoms in total. The van der Waals surface area contributed by atoms with Crippen molar-refractivity contribution >= 4 is 6.29 Å². The summed E-state index contributed by atoms with van der Waals surface area (Å²) in [6, 6.07) is 0. The monoisotopic (exact) mass is 182 g/mol. The Kier molecular flexibility index (Phi) is 4.47. The Labute approximate surface area is 81.9 Å². The first-order chi connectivity index (χ1) is 6.24. The maximum atomic E-state index is 10.8. The van der Waals surface area contributed by atoms with Gasteiger partial charge in [0.15, 0.2) is 0 Å². The number of carbonyl (C=O) groups is 1. The Morgan fingerprint density at radius 1 is 1.23 bits per heavy atom. The zero-order chi connectivity index (χ0) is 9.68. The van der Waals surface area contributed by atoms with Gasteiger partial charge in [-0.25, -0.2) is 0 Å². The van der Waals surface area contributed by atoms with E-state index in [0.29, 0.717) is 11.8 Å². The molecule has 0 aliphatic heterocycles. The molecule has 0 radical (unpaired) electrons. The number of hydrogen-bond donors (Lipinski definition) is 0. The summed E-state index contributed by atoms with van der Waals surface area (Å²) in [6.07, 6.45) is 9.20. The summed E-state index contributed by atoms with van der Waals surface area (Å²) in [5, 5.41) is 0. The van der Waals surface area contributed by atoms with Gasteiger partial charge >= 0.3 is 0 Å². The van der Waals surface area contributed by atoms with E-state index >= 15 is 0 Å². The van der Waals surface area contributed by atoms with Gasteiger partial charge in [0.25, 0.3) is 0 Å². The highest BCUT2D eigenvalue weighted by Gasteiger charge is 2.20. The Hall–Kier alpha value is -0.330. The van der Waals surface area contributed by atoms with Crippen molar-refractivity contribution < 1.29 is 4.79 Å². The van der Waals surface area contributed by atoms with E-state index in [1.807, 2.05) is 0 Å². The third kappa shape index (κ3) is 3.50. The Morgan fingerprint density at radius 3 is 2.31 bits per heavy atom. The smallest absolute Gasteiger partial charge is 0.123 e. The zero-order valence-electron chi connectivity index (χ0n) is 8.96. The van der Waals surface area contributed by atoms with Crippen molar-refractivity contribution in [1.29, 1.82) is 0 Å². The van der Waals surface area contributed by atoms with E-state index in [2.05, 4.69) is 13.8 Å². The summed E-state index contributed by atoms with van der Waals surface area (Å²) in [6.45, 7) is 4.31. The molecule has 0 spiro atoms. The highest BCUT2D eigenvalue weighted by molar-refractivity contribution is 5.53. The fraction of sp³-hybridized carbons (Fsp3) is 0.917. The van der Waals surface area contributed by atoms with Gasteiger partial charge in [0.1, 0.15) is 6.29 Å². The van der Waals surface area contributed by atoms with Crippen LogP contribution in [0.4, 0.5) is 0 Å². The van der Waals surface area contributed by atoms with Crippen molar-refractivity contribution in [3.63, 3.8) is 0 Å². The van der Waals surface area contributed by atoms with Crippen LogP contribution in [0.1, 0.15) is 52.4 Å². The lowest BCUT2D eigenvalue weighted by Crippen LogP contribution is -2.17. The molecule has 0 aromatic rings. The van der Waals surface area contributed by atoms with Gasteiger partial charge in [-0.2, -0.15) is 0 Å². The van der Waals surface area contributed by atoms with Crippen molar-refractivity contribution in [2.45, 2.75) is 52.4 Å². The molecule has 1 fully saturated rings. The lowest BCUT2D eigenvalue weighted by Gasteiger charge is -2.25. The second-order valence-corrected chi connectivity index (χ2v) is 4.78. The SMILES string of the molecule is CC(C)C(C=O)CC1CCCCC1. The number of aldehydes is 1. The van der Waals surface area contributed by atoms with Gasteiger partial charge in [0.05, 0.1) is 0 Å². The van der Waals surface area contributed by atoms with E-state index in [0.717, 1.165) is 12.3 Å². The molecule has 0 aromatic heterocycles. The summed E-state index contributed by atoms with van der Waals surface area (Å²) in [5.41, 5.74) is 0. The van der Waals surface area contributed by atoms with E-state index in [-0.39, 0.29) is 0 Å². The van der Waals surface area contributed by atoms with Crippen LogP contribution in [0.25, 0.3) is 0 Å². The highest BCUT2D eigenvalue weighted by Crippen LogP contribution is 2.30. The molecule has 13 heavy (non-hydrogen) atoms. The molecule has 1 saturated carbocycles. The molecule has 1 aliphatic carbocycles. The third-order valence-corrected chi connectivity index (χ3v) is 3.36. The second kappa shape index (κ2) is 5.41. The molecular weight excluding hydrogens is 160 g/mol. The summed E-state index contributed by atoms with van der Waals surface area (Å²) in [5.74, 6) is 1.67. The maximum absolute atomic E-state index is 10.8. The van der Waals surface area contributed by atoms with E-state index in [9.17, 15) is 4.79 Å². The van der Waals surface area contributed by atoms with Crippen LogP contribution in [0, 0.1) is 17.8 Å². The maximum Gasteiger partial charge on any atom is 0.123 e. The minimum atomic E-state index is 0.308. The van der Waals surface area contributed by atoms with Gasteiger partial charge in [0.2, 0.25) is 0 Å². The molecule has 0 aromatic carbocycles. The van der Waals surface area contributed by atoms with Gasteiger partial charge in [-0.1, -0.05) is 46.0 Å². The fourth-order valence-electron chi connectivity index (χ4n) is 2.29. The summed E-state index contributed by atoms with van der Waals surface area (Å²) < 4.78 is 0. The van der Waals surface area contributed by atoms with Crippen molar-refractivity contribution in [3.8, 4) is 0 Å². The first-order valence-corrected chi connectivity index (χ1v) is 5.69. The number of carbonyl (C=O) groups excluding carboxylic acids is 1. The minimum absolute atomic E-state index is 0.308. The van der Waals surface area contributed by atoms with Crippen LogP contribution in [0.5, 0.6) is 0 Å². The van der Waals surface area contributed by atoms with Crippen molar-refractivity contribution in [1.82, 2.24) is 0 Å². The second-order valence-electron chi connectivity index (χ2n) is 4.78. The molecule has 1 heteroatoms. The van der Waals surface area contributed by atoms with Crippen molar-refractivity contribution in [2.75, 3.05) is 0 Å². The minimum Gasteiger partial charge on any atom is -0.303 e. The van der Waals surface area contributed by atoms with Crippen molar-refractivity contribution in [2.24, 2.45) is 17.8 Å². The topological polar surface area (TPSA) is 17.1 Å². The molecule has 1 rings (SSSR count). The van der Waals surface area contributed by atoms with E-state index in [1.165, 1.54) is 38.4 Å². The first kappa shape index (κ1) is 10.7. The molecule has 0 bridgehead atoms. The number of hydrogen-bond acceptors (Lipinski definition) is 1. The lowest BCUT2D eigenvalue weighted by molar-refractivity contribution is -0.112. The first-order valence-electron chi connectivity index (χ1n) is 5.69. The van der Waals surface area contributed by atoms with Crippen LogP contribution >= 0.6 is 0 Å². The molecule has 1 aliphatic rings. The summed E-state index contributed by atoms with van der Waals surface area (Å²) >= 11 is 0. The Morgan fingerprint density at radius 2 is 1.85 bits per heavy atom. The van der Waals surface area contributed by atoms with Gasteiger partial charge in [0, 0.05) is 5.92 Å². The fourth-order valence-corrected chi connectivity index (χ4v) is 2.29. The molecular formula is C12H22O. The van der Waals surface area contributed by atoms with Crippen LogP contribution < -0.4 is 0 Å². The molecule has 1 unspecified atom stereocenters. The van der Waals surface area contributed by atoms with Crippen LogP contribution in [0.2, 0.25) is 0 Å². The highest BCUT2D eigenvalue weighted by atomic mass is 16.1. The van der Waals surface area contributed by atoms with Crippen LogP contribution in [0.15, 0.2) is 0 Å². The third-order valence-electron chi connectivity index (χ3n) is 3.36. The molecule has 76 valence electrons. The number of rotatable bonds is 4. The average Bonchev–Trinajstić information content (AvgIpc) is 2.15. The molecule has 1 atom stereocenters. The van der Waals surface area contributed by atoms with E-state index in [1.54, 1.807) is 0 Å². The van der Waals surface area contributed by atoms with Crippen LogP contribution in [0.3, 0.4) is 0 Å². The van der Waals surface area contributed by atoms with Gasteiger partial charge in [-0.3, -0.25) is 0 Å². The normalized spacial score (nSPS) is 21.8. The summed E-state index contributed by atoms with van der Waals surface area (Å²) in [7, 11) is 0. The van der Waals surface area contributed by atoms with Crippen LogP contribution in [-0.2, 0) is 4.79 Å². The predicted octanol–water partition coefficient (Wildman–Crippen LogP) is 3.43. The van der Waals surface area contributed by atoms with Crippen molar-refractivity contribution in [3.05, 3.63) is 0 Å². The molecule has 0 N–H and O–H groups in total. The largest absolute Gasteiger partial charge is 0.303 e. The van der Waals surface area contributed by atoms with Crippen LogP contribution in [-0.4, -0.2) is 6.29 Å². The Bertz CT molecular complexity index is 145.